The van der Waals surface area contributed by atoms with Gasteiger partial charge < -0.3 is 9.47 Å². The molecule has 5 heteroatoms. The van der Waals surface area contributed by atoms with Crippen molar-refractivity contribution in [1.29, 1.82) is 0 Å². The van der Waals surface area contributed by atoms with Crippen molar-refractivity contribution in [2.75, 3.05) is 13.2 Å². The lowest BCUT2D eigenvalue weighted by molar-refractivity contribution is -0.0510. The predicted octanol–water partition coefficient (Wildman–Crippen LogP) is 4.24. The third-order valence-corrected chi connectivity index (χ3v) is 4.71. The van der Waals surface area contributed by atoms with Gasteiger partial charge in [-0.15, -0.1) is 0 Å². The Balaban J connectivity index is 1.88. The molecule has 23 heavy (non-hydrogen) atoms. The van der Waals surface area contributed by atoms with Crippen molar-refractivity contribution >= 4 is 27.6 Å². The van der Waals surface area contributed by atoms with Crippen molar-refractivity contribution in [3.05, 3.63) is 40.4 Å². The first-order valence-electron chi connectivity index (χ1n) is 7.90. The van der Waals surface area contributed by atoms with E-state index in [0.29, 0.717) is 13.2 Å². The summed E-state index contributed by atoms with van der Waals surface area (Å²) in [7, 11) is 0. The number of hydrogen-bond acceptors (Lipinski definition) is 3. The molecule has 0 spiro atoms. The quantitative estimate of drug-likeness (QED) is 0.732. The van der Waals surface area contributed by atoms with Crippen LogP contribution in [-0.2, 0) is 9.47 Å². The van der Waals surface area contributed by atoms with Crippen molar-refractivity contribution in [2.45, 2.75) is 44.9 Å². The van der Waals surface area contributed by atoms with Gasteiger partial charge in [0, 0.05) is 4.47 Å². The zero-order valence-corrected chi connectivity index (χ0v) is 15.3. The second-order valence-corrected chi connectivity index (χ2v) is 7.88. The SMILES string of the molecule is CC(C)(C)OC(=O)N1C2C=C(c3ccccc3Br)CC1COC2. The first-order chi connectivity index (χ1) is 10.8. The molecule has 2 aliphatic heterocycles. The standard InChI is InChI=1S/C18H22BrNO3/c1-18(2,3)23-17(21)20-13-8-12(9-14(20)11-22-10-13)15-6-4-5-7-16(15)19/h4-8,13-14H,9-11H2,1-3H3. The predicted molar refractivity (Wildman–Crippen MR) is 93.2 cm³/mol. The lowest BCUT2D eigenvalue weighted by Crippen LogP contribution is -2.57. The smallest absolute Gasteiger partial charge is 0.411 e. The number of benzene rings is 1. The number of carbonyl (C=O) groups is 1. The van der Waals surface area contributed by atoms with Crippen molar-refractivity contribution in [3.63, 3.8) is 0 Å². The molecule has 2 unspecified atom stereocenters. The molecular formula is C18H22BrNO3. The number of amides is 1. The number of hydrogen-bond donors (Lipinski definition) is 0. The number of fused-ring (bicyclic) bond motifs is 2. The van der Waals surface area contributed by atoms with Gasteiger partial charge in [-0.3, -0.25) is 4.90 Å². The van der Waals surface area contributed by atoms with E-state index in [1.165, 1.54) is 11.1 Å². The molecule has 1 amide bonds. The van der Waals surface area contributed by atoms with Crippen LogP contribution in [0.15, 0.2) is 34.8 Å². The summed E-state index contributed by atoms with van der Waals surface area (Å²) in [6.07, 6.45) is 2.66. The van der Waals surface area contributed by atoms with E-state index < -0.39 is 5.60 Å². The first-order valence-corrected chi connectivity index (χ1v) is 8.69. The average molecular weight is 380 g/mol. The van der Waals surface area contributed by atoms with Crippen LogP contribution in [0.25, 0.3) is 5.57 Å². The van der Waals surface area contributed by atoms with Gasteiger partial charge in [-0.2, -0.15) is 0 Å². The minimum absolute atomic E-state index is 0.0238. The van der Waals surface area contributed by atoms with Crippen LogP contribution >= 0.6 is 15.9 Å². The van der Waals surface area contributed by atoms with Crippen molar-refractivity contribution < 1.29 is 14.3 Å². The Bertz CT molecular complexity index is 635. The lowest BCUT2D eigenvalue weighted by Gasteiger charge is -2.44. The zero-order valence-electron chi connectivity index (χ0n) is 13.7. The molecule has 1 aromatic rings. The minimum atomic E-state index is -0.487. The van der Waals surface area contributed by atoms with E-state index in [9.17, 15) is 4.79 Å². The summed E-state index contributed by atoms with van der Waals surface area (Å²) in [5, 5.41) is 0. The number of halogens is 1. The van der Waals surface area contributed by atoms with Crippen LogP contribution in [0.2, 0.25) is 0 Å². The Morgan fingerprint density at radius 3 is 2.70 bits per heavy atom. The van der Waals surface area contributed by atoms with Crippen LogP contribution in [-0.4, -0.2) is 41.9 Å². The molecule has 0 N–H and O–H groups in total. The maximum absolute atomic E-state index is 12.5. The Hall–Kier alpha value is -1.33. The Kier molecular flexibility index (Phi) is 4.52. The topological polar surface area (TPSA) is 38.8 Å². The molecule has 2 bridgehead atoms. The molecule has 124 valence electrons. The molecule has 0 aromatic heterocycles. The van der Waals surface area contributed by atoms with E-state index >= 15 is 0 Å². The van der Waals surface area contributed by atoms with Crippen molar-refractivity contribution in [3.8, 4) is 0 Å². The van der Waals surface area contributed by atoms with E-state index in [2.05, 4.69) is 28.1 Å². The second-order valence-electron chi connectivity index (χ2n) is 7.02. The summed E-state index contributed by atoms with van der Waals surface area (Å²) in [6.45, 7) is 6.75. The molecule has 2 aliphatic rings. The fourth-order valence-electron chi connectivity index (χ4n) is 3.12. The number of morpholine rings is 1. The van der Waals surface area contributed by atoms with Gasteiger partial charge >= 0.3 is 6.09 Å². The van der Waals surface area contributed by atoms with E-state index in [1.807, 2.05) is 43.9 Å². The van der Waals surface area contributed by atoms with Gasteiger partial charge in [0.25, 0.3) is 0 Å². The number of carbonyl (C=O) groups excluding carboxylic acids is 1. The molecule has 2 heterocycles. The van der Waals surface area contributed by atoms with Crippen LogP contribution in [0, 0.1) is 0 Å². The second kappa shape index (κ2) is 6.29. The fraction of sp³-hybridized carbons (Fsp3) is 0.500. The lowest BCUT2D eigenvalue weighted by atomic mass is 9.90. The molecule has 0 aliphatic carbocycles. The third kappa shape index (κ3) is 3.61. The van der Waals surface area contributed by atoms with Gasteiger partial charge in [-0.25, -0.2) is 4.79 Å². The van der Waals surface area contributed by atoms with Gasteiger partial charge in [0.05, 0.1) is 25.3 Å². The molecule has 0 saturated carbocycles. The van der Waals surface area contributed by atoms with Crippen LogP contribution < -0.4 is 0 Å². The van der Waals surface area contributed by atoms with E-state index in [0.717, 1.165) is 10.9 Å². The van der Waals surface area contributed by atoms with Crippen LogP contribution in [0.4, 0.5) is 4.79 Å². The maximum Gasteiger partial charge on any atom is 0.411 e. The normalized spacial score (nSPS) is 24.2. The molecule has 0 radical (unpaired) electrons. The minimum Gasteiger partial charge on any atom is -0.444 e. The van der Waals surface area contributed by atoms with Crippen LogP contribution in [0.5, 0.6) is 0 Å². The van der Waals surface area contributed by atoms with E-state index in [-0.39, 0.29) is 18.2 Å². The van der Waals surface area contributed by atoms with Gasteiger partial charge in [0.1, 0.15) is 5.60 Å². The zero-order chi connectivity index (χ0) is 16.6. The van der Waals surface area contributed by atoms with Gasteiger partial charge in [0.15, 0.2) is 0 Å². The van der Waals surface area contributed by atoms with Crippen LogP contribution in [0.3, 0.4) is 0 Å². The molecule has 1 aromatic carbocycles. The Morgan fingerprint density at radius 2 is 2.04 bits per heavy atom. The average Bonchev–Trinajstić information content (AvgIpc) is 2.44. The summed E-state index contributed by atoms with van der Waals surface area (Å²) in [5.41, 5.74) is 1.96. The largest absolute Gasteiger partial charge is 0.444 e. The van der Waals surface area contributed by atoms with Gasteiger partial charge in [0.2, 0.25) is 0 Å². The van der Waals surface area contributed by atoms with Gasteiger partial charge in [-0.05, 0) is 44.4 Å². The summed E-state index contributed by atoms with van der Waals surface area (Å²) in [5.74, 6) is 0. The molecule has 1 saturated heterocycles. The summed E-state index contributed by atoms with van der Waals surface area (Å²) < 4.78 is 12.3. The Labute approximate surface area is 145 Å². The molecule has 1 fully saturated rings. The number of nitrogens with zero attached hydrogens (tertiary/aromatic N) is 1. The molecule has 3 rings (SSSR count). The highest BCUT2D eigenvalue weighted by atomic mass is 79.9. The monoisotopic (exact) mass is 379 g/mol. The summed E-state index contributed by atoms with van der Waals surface area (Å²) in [6, 6.07) is 8.15. The number of ether oxygens (including phenoxy) is 2. The first kappa shape index (κ1) is 16.5. The molecule has 2 atom stereocenters. The van der Waals surface area contributed by atoms with Crippen molar-refractivity contribution in [2.24, 2.45) is 0 Å². The fourth-order valence-corrected chi connectivity index (χ4v) is 3.66. The highest BCUT2D eigenvalue weighted by Gasteiger charge is 2.40. The van der Waals surface area contributed by atoms with E-state index in [1.54, 1.807) is 0 Å². The molecular weight excluding hydrogens is 358 g/mol. The Morgan fingerprint density at radius 1 is 1.30 bits per heavy atom. The maximum atomic E-state index is 12.5. The summed E-state index contributed by atoms with van der Waals surface area (Å²) >= 11 is 3.62. The van der Waals surface area contributed by atoms with Crippen LogP contribution in [0.1, 0.15) is 32.8 Å². The van der Waals surface area contributed by atoms with Gasteiger partial charge in [-0.1, -0.05) is 40.2 Å². The van der Waals surface area contributed by atoms with Crippen molar-refractivity contribution in [1.82, 2.24) is 4.90 Å². The third-order valence-electron chi connectivity index (χ3n) is 4.02. The van der Waals surface area contributed by atoms with E-state index in [4.69, 9.17) is 9.47 Å². The number of rotatable bonds is 1. The summed E-state index contributed by atoms with van der Waals surface area (Å²) in [4.78, 5) is 14.4. The molecule has 4 nitrogen and oxygen atoms in total. The highest BCUT2D eigenvalue weighted by Crippen LogP contribution is 2.36. The highest BCUT2D eigenvalue weighted by molar-refractivity contribution is 9.10.